The molecule has 132 valence electrons. The van der Waals surface area contributed by atoms with Gasteiger partial charge in [-0.15, -0.1) is 0 Å². The van der Waals surface area contributed by atoms with Crippen LogP contribution in [0.5, 0.6) is 0 Å². The van der Waals surface area contributed by atoms with Crippen molar-refractivity contribution in [3.63, 3.8) is 0 Å². The summed E-state index contributed by atoms with van der Waals surface area (Å²) in [5, 5.41) is 4.28. The van der Waals surface area contributed by atoms with Crippen molar-refractivity contribution in [1.29, 1.82) is 0 Å². The Hall–Kier alpha value is -3.08. The van der Waals surface area contributed by atoms with Gasteiger partial charge in [0.1, 0.15) is 11.3 Å². The highest BCUT2D eigenvalue weighted by Gasteiger charge is 2.18. The number of pyridine rings is 1. The van der Waals surface area contributed by atoms with Gasteiger partial charge in [-0.2, -0.15) is 0 Å². The molecule has 2 N–H and O–H groups in total. The number of imidazole rings is 1. The summed E-state index contributed by atoms with van der Waals surface area (Å²) in [5.41, 5.74) is 4.68. The minimum atomic E-state index is -0.0630. The van der Waals surface area contributed by atoms with Gasteiger partial charge in [-0.1, -0.05) is 37.6 Å². The predicted octanol–water partition coefficient (Wildman–Crippen LogP) is 3.74. The van der Waals surface area contributed by atoms with Crippen LogP contribution in [0.25, 0.3) is 16.6 Å². The van der Waals surface area contributed by atoms with E-state index in [-0.39, 0.29) is 5.91 Å². The van der Waals surface area contributed by atoms with Crippen molar-refractivity contribution < 1.29 is 4.79 Å². The lowest BCUT2D eigenvalue weighted by molar-refractivity contribution is 0.0947. The van der Waals surface area contributed by atoms with Gasteiger partial charge in [0.05, 0.1) is 5.69 Å². The first-order valence-corrected chi connectivity index (χ1v) is 9.07. The number of aryl methyl sites for hydroxylation is 1. The van der Waals surface area contributed by atoms with Gasteiger partial charge < -0.3 is 10.3 Å². The van der Waals surface area contributed by atoms with Crippen LogP contribution >= 0.6 is 0 Å². The van der Waals surface area contributed by atoms with Gasteiger partial charge in [-0.3, -0.25) is 9.20 Å². The third-order valence-electron chi connectivity index (χ3n) is 4.66. The normalized spacial score (nSPS) is 11.3. The largest absolute Gasteiger partial charge is 0.361 e. The number of aromatic nitrogens is 3. The summed E-state index contributed by atoms with van der Waals surface area (Å²) < 4.78 is 1.88. The molecule has 0 fully saturated rings. The van der Waals surface area contributed by atoms with Crippen LogP contribution in [-0.4, -0.2) is 26.8 Å². The third-order valence-corrected chi connectivity index (χ3v) is 4.66. The average molecular weight is 346 g/mol. The van der Waals surface area contributed by atoms with E-state index in [9.17, 15) is 4.79 Å². The standard InChI is InChI=1S/C21H22N4O/c1-2-7-18-20(25-13-6-5-10-19(25)24-18)21(26)22-12-11-15-14-23-17-9-4-3-8-16(15)17/h3-6,8-10,13-14,23H,2,7,11-12H2,1H3,(H,22,26). The van der Waals surface area contributed by atoms with Crippen molar-refractivity contribution >= 4 is 22.5 Å². The van der Waals surface area contributed by atoms with Gasteiger partial charge in [-0.05, 0) is 36.6 Å². The SMILES string of the molecule is CCCc1nc2ccccn2c1C(=O)NCCc1c[nH]c2ccccc12. The molecule has 26 heavy (non-hydrogen) atoms. The molecule has 0 saturated heterocycles. The number of nitrogens with zero attached hydrogens (tertiary/aromatic N) is 2. The zero-order valence-corrected chi connectivity index (χ0v) is 14.8. The quantitative estimate of drug-likeness (QED) is 0.559. The van der Waals surface area contributed by atoms with E-state index in [1.807, 2.05) is 47.1 Å². The Kier molecular flexibility index (Phi) is 4.44. The van der Waals surface area contributed by atoms with Crippen LogP contribution in [0.4, 0.5) is 0 Å². The molecule has 0 bridgehead atoms. The number of carbonyl (C=O) groups is 1. The van der Waals surface area contributed by atoms with E-state index in [1.54, 1.807) is 0 Å². The lowest BCUT2D eigenvalue weighted by Crippen LogP contribution is -2.27. The Labute approximate surface area is 152 Å². The molecule has 4 aromatic rings. The van der Waals surface area contributed by atoms with E-state index in [0.717, 1.165) is 36.1 Å². The first-order chi connectivity index (χ1) is 12.8. The molecule has 0 aliphatic rings. The molecule has 1 aromatic carbocycles. The summed E-state index contributed by atoms with van der Waals surface area (Å²) in [6.45, 7) is 2.69. The first kappa shape index (κ1) is 16.4. The Morgan fingerprint density at radius 1 is 1.15 bits per heavy atom. The van der Waals surface area contributed by atoms with Gasteiger partial charge in [-0.25, -0.2) is 4.98 Å². The number of para-hydroxylation sites is 1. The number of amides is 1. The Balaban J connectivity index is 1.51. The van der Waals surface area contributed by atoms with Gasteiger partial charge in [0, 0.05) is 29.8 Å². The van der Waals surface area contributed by atoms with Gasteiger partial charge in [0.2, 0.25) is 0 Å². The number of benzene rings is 1. The van der Waals surface area contributed by atoms with Gasteiger partial charge >= 0.3 is 0 Å². The van der Waals surface area contributed by atoms with E-state index < -0.39 is 0 Å². The molecule has 5 heteroatoms. The summed E-state index contributed by atoms with van der Waals surface area (Å²) in [5.74, 6) is -0.0630. The number of fused-ring (bicyclic) bond motifs is 2. The number of hydrogen-bond acceptors (Lipinski definition) is 2. The van der Waals surface area contributed by atoms with Crippen molar-refractivity contribution in [3.8, 4) is 0 Å². The van der Waals surface area contributed by atoms with Crippen LogP contribution in [0.3, 0.4) is 0 Å². The third kappa shape index (κ3) is 2.96. The fourth-order valence-corrected chi connectivity index (χ4v) is 3.43. The number of H-pyrrole nitrogens is 1. The zero-order chi connectivity index (χ0) is 17.9. The number of aromatic amines is 1. The van der Waals surface area contributed by atoms with Crippen molar-refractivity contribution in [2.24, 2.45) is 0 Å². The first-order valence-electron chi connectivity index (χ1n) is 9.07. The van der Waals surface area contributed by atoms with Crippen LogP contribution in [0.2, 0.25) is 0 Å². The molecular formula is C21H22N4O. The molecule has 0 saturated carbocycles. The number of nitrogens with one attached hydrogen (secondary N) is 2. The smallest absolute Gasteiger partial charge is 0.270 e. The monoisotopic (exact) mass is 346 g/mol. The molecular weight excluding hydrogens is 324 g/mol. The molecule has 5 nitrogen and oxygen atoms in total. The second-order valence-electron chi connectivity index (χ2n) is 6.45. The Morgan fingerprint density at radius 2 is 2.00 bits per heavy atom. The maximum atomic E-state index is 12.8. The highest BCUT2D eigenvalue weighted by atomic mass is 16.1. The molecule has 0 radical (unpaired) electrons. The highest BCUT2D eigenvalue weighted by Crippen LogP contribution is 2.18. The second-order valence-corrected chi connectivity index (χ2v) is 6.45. The van der Waals surface area contributed by atoms with E-state index in [1.165, 1.54) is 10.9 Å². The molecule has 0 spiro atoms. The minimum Gasteiger partial charge on any atom is -0.361 e. The highest BCUT2D eigenvalue weighted by molar-refractivity contribution is 5.94. The second kappa shape index (κ2) is 7.04. The van der Waals surface area contributed by atoms with Crippen LogP contribution in [0.1, 0.15) is 35.1 Å². The molecule has 0 atom stereocenters. The summed E-state index contributed by atoms with van der Waals surface area (Å²) in [6, 6.07) is 14.0. The summed E-state index contributed by atoms with van der Waals surface area (Å²) in [4.78, 5) is 20.7. The molecule has 0 unspecified atom stereocenters. The van der Waals surface area contributed by atoms with E-state index in [4.69, 9.17) is 0 Å². The van der Waals surface area contributed by atoms with E-state index in [0.29, 0.717) is 12.2 Å². The molecule has 3 aromatic heterocycles. The van der Waals surface area contributed by atoms with Crippen molar-refractivity contribution in [1.82, 2.24) is 19.7 Å². The summed E-state index contributed by atoms with van der Waals surface area (Å²) in [6.07, 6.45) is 6.46. The van der Waals surface area contributed by atoms with Crippen LogP contribution in [0.15, 0.2) is 54.9 Å². The molecule has 1 amide bonds. The predicted molar refractivity (Wildman–Crippen MR) is 104 cm³/mol. The van der Waals surface area contributed by atoms with Gasteiger partial charge in [0.25, 0.3) is 5.91 Å². The average Bonchev–Trinajstić information content (AvgIpc) is 3.23. The van der Waals surface area contributed by atoms with E-state index >= 15 is 0 Å². The number of hydrogen-bond donors (Lipinski definition) is 2. The van der Waals surface area contributed by atoms with Crippen LogP contribution in [0, 0.1) is 0 Å². The number of carbonyl (C=O) groups excluding carboxylic acids is 1. The zero-order valence-electron chi connectivity index (χ0n) is 14.8. The number of rotatable bonds is 6. The van der Waals surface area contributed by atoms with E-state index in [2.05, 4.69) is 34.3 Å². The fraction of sp³-hybridized carbons (Fsp3) is 0.238. The van der Waals surface area contributed by atoms with Crippen LogP contribution in [-0.2, 0) is 12.8 Å². The molecule has 0 aliphatic heterocycles. The molecule has 0 aliphatic carbocycles. The minimum absolute atomic E-state index is 0.0630. The lowest BCUT2D eigenvalue weighted by Gasteiger charge is -2.07. The van der Waals surface area contributed by atoms with Gasteiger partial charge in [0.15, 0.2) is 0 Å². The fourth-order valence-electron chi connectivity index (χ4n) is 3.43. The van der Waals surface area contributed by atoms with Crippen molar-refractivity contribution in [2.45, 2.75) is 26.2 Å². The maximum absolute atomic E-state index is 12.8. The Morgan fingerprint density at radius 3 is 2.88 bits per heavy atom. The summed E-state index contributed by atoms with van der Waals surface area (Å²) in [7, 11) is 0. The molecule has 4 rings (SSSR count). The van der Waals surface area contributed by atoms with Crippen molar-refractivity contribution in [3.05, 3.63) is 71.8 Å². The van der Waals surface area contributed by atoms with Crippen LogP contribution < -0.4 is 5.32 Å². The Bertz CT molecular complexity index is 1060. The van der Waals surface area contributed by atoms with Crippen molar-refractivity contribution in [2.75, 3.05) is 6.54 Å². The lowest BCUT2D eigenvalue weighted by atomic mass is 10.1. The molecule has 3 heterocycles. The maximum Gasteiger partial charge on any atom is 0.270 e. The topological polar surface area (TPSA) is 62.2 Å². The summed E-state index contributed by atoms with van der Waals surface area (Å²) >= 11 is 0.